The molecule has 0 radical (unpaired) electrons. The number of imidazole rings is 1. The molecule has 1 heterocycles. The molecule has 0 atom stereocenters. The van der Waals surface area contributed by atoms with E-state index in [0.717, 1.165) is 5.52 Å². The maximum Gasteiger partial charge on any atom is 0.318 e. The van der Waals surface area contributed by atoms with Gasteiger partial charge in [-0.2, -0.15) is 0 Å². The van der Waals surface area contributed by atoms with Crippen molar-refractivity contribution in [3.63, 3.8) is 0 Å². The van der Waals surface area contributed by atoms with Crippen molar-refractivity contribution in [3.05, 3.63) is 29.4 Å². The summed E-state index contributed by atoms with van der Waals surface area (Å²) in [5, 5.41) is 8.56. The van der Waals surface area contributed by atoms with E-state index in [1.165, 1.54) is 18.5 Å². The molecule has 0 unspecified atom stereocenters. The van der Waals surface area contributed by atoms with E-state index in [4.69, 9.17) is 5.21 Å². The molecule has 2 N–H and O–H groups in total. The van der Waals surface area contributed by atoms with Gasteiger partial charge in [0.05, 0.1) is 22.3 Å². The van der Waals surface area contributed by atoms with Gasteiger partial charge in [0.15, 0.2) is 0 Å². The van der Waals surface area contributed by atoms with Crippen LogP contribution >= 0.6 is 0 Å². The maximum atomic E-state index is 10.4. The molecular formula is C7H6N3O2+. The van der Waals surface area contributed by atoms with Crippen molar-refractivity contribution in [1.82, 2.24) is 9.97 Å². The molecule has 60 valence electrons. The SMILES string of the molecule is O=[N+](O)c1ccc2[nH]cnc2c1. The minimum atomic E-state index is -0.186. The Morgan fingerprint density at radius 2 is 2.33 bits per heavy atom. The molecule has 0 aliphatic carbocycles. The van der Waals surface area contributed by atoms with Gasteiger partial charge in [-0.15, -0.1) is 0 Å². The lowest BCUT2D eigenvalue weighted by Gasteiger charge is -1.85. The van der Waals surface area contributed by atoms with Crippen LogP contribution in [0.2, 0.25) is 0 Å². The normalized spacial score (nSPS) is 10.3. The quantitative estimate of drug-likeness (QED) is 0.625. The zero-order valence-electron chi connectivity index (χ0n) is 6.06. The van der Waals surface area contributed by atoms with E-state index in [1.54, 1.807) is 6.07 Å². The molecule has 1 aromatic carbocycles. The highest BCUT2D eigenvalue weighted by Gasteiger charge is 2.11. The largest absolute Gasteiger partial charge is 0.345 e. The third-order valence-electron chi connectivity index (χ3n) is 1.63. The van der Waals surface area contributed by atoms with Gasteiger partial charge in [-0.3, -0.25) is 0 Å². The molecule has 12 heavy (non-hydrogen) atoms. The summed E-state index contributed by atoms with van der Waals surface area (Å²) in [6.45, 7) is 0. The second kappa shape index (κ2) is 2.30. The summed E-state index contributed by atoms with van der Waals surface area (Å²) in [5.74, 6) is 0. The van der Waals surface area contributed by atoms with E-state index in [2.05, 4.69) is 9.97 Å². The van der Waals surface area contributed by atoms with E-state index in [9.17, 15) is 4.91 Å². The first-order valence-electron chi connectivity index (χ1n) is 3.36. The average molecular weight is 164 g/mol. The first kappa shape index (κ1) is 6.78. The van der Waals surface area contributed by atoms with Crippen LogP contribution in [0.15, 0.2) is 24.5 Å². The Balaban J connectivity index is 2.68. The third-order valence-corrected chi connectivity index (χ3v) is 1.63. The summed E-state index contributed by atoms with van der Waals surface area (Å²) < 4.78 is 0. The van der Waals surface area contributed by atoms with Crippen molar-refractivity contribution in [2.45, 2.75) is 0 Å². The van der Waals surface area contributed by atoms with Crippen molar-refractivity contribution in [2.75, 3.05) is 0 Å². The number of rotatable bonds is 1. The van der Waals surface area contributed by atoms with Gasteiger partial charge in [0.2, 0.25) is 0 Å². The van der Waals surface area contributed by atoms with Gasteiger partial charge in [-0.05, 0) is 6.07 Å². The first-order chi connectivity index (χ1) is 5.77. The van der Waals surface area contributed by atoms with Gasteiger partial charge in [0.25, 0.3) is 4.92 Å². The maximum absolute atomic E-state index is 10.4. The molecule has 0 aliphatic rings. The summed E-state index contributed by atoms with van der Waals surface area (Å²) in [6.07, 6.45) is 1.53. The molecule has 0 amide bonds. The number of nitrogens with one attached hydrogen (secondary N) is 1. The number of aromatic nitrogens is 2. The van der Waals surface area contributed by atoms with Gasteiger partial charge in [0.1, 0.15) is 0 Å². The van der Waals surface area contributed by atoms with E-state index in [0.29, 0.717) is 5.52 Å². The molecule has 0 aliphatic heterocycles. The van der Waals surface area contributed by atoms with Crippen molar-refractivity contribution >= 4 is 16.7 Å². The Kier molecular flexibility index (Phi) is 1.30. The van der Waals surface area contributed by atoms with E-state index in [1.807, 2.05) is 0 Å². The fourth-order valence-corrected chi connectivity index (χ4v) is 1.04. The number of fused-ring (bicyclic) bond motifs is 1. The summed E-state index contributed by atoms with van der Waals surface area (Å²) in [5.41, 5.74) is 1.66. The number of benzene rings is 1. The van der Waals surface area contributed by atoms with Crippen LogP contribution in [0.1, 0.15) is 0 Å². The van der Waals surface area contributed by atoms with Crippen molar-refractivity contribution < 1.29 is 10.1 Å². The standard InChI is InChI=1S/C7H6N3O2/c11-10(12)5-1-2-6-7(3-5)9-4-8-6/h1-4H,(H,8,9)(H,11,12)/q+1. The summed E-state index contributed by atoms with van der Waals surface area (Å²) in [7, 11) is 0. The Morgan fingerprint density at radius 3 is 3.08 bits per heavy atom. The lowest BCUT2D eigenvalue weighted by atomic mass is 10.3. The number of hydrogen-bond donors (Lipinski definition) is 2. The van der Waals surface area contributed by atoms with E-state index >= 15 is 0 Å². The highest BCUT2D eigenvalue weighted by molar-refractivity contribution is 5.76. The van der Waals surface area contributed by atoms with Crippen LogP contribution in [-0.2, 0) is 0 Å². The van der Waals surface area contributed by atoms with Gasteiger partial charge in [-0.1, -0.05) is 0 Å². The molecule has 5 heteroatoms. The van der Waals surface area contributed by atoms with Crippen LogP contribution in [0.4, 0.5) is 5.69 Å². The minimum Gasteiger partial charge on any atom is -0.345 e. The zero-order chi connectivity index (χ0) is 8.55. The van der Waals surface area contributed by atoms with Crippen LogP contribution < -0.4 is 0 Å². The molecule has 0 saturated carbocycles. The third kappa shape index (κ3) is 0.914. The Morgan fingerprint density at radius 1 is 1.50 bits per heavy atom. The van der Waals surface area contributed by atoms with Crippen LogP contribution in [0, 0.1) is 4.91 Å². The summed E-state index contributed by atoms with van der Waals surface area (Å²) in [6, 6.07) is 4.69. The summed E-state index contributed by atoms with van der Waals surface area (Å²) in [4.78, 5) is 17.1. The smallest absolute Gasteiger partial charge is 0.318 e. The Bertz CT molecular complexity index is 435. The Labute approximate surface area is 67.2 Å². The van der Waals surface area contributed by atoms with Crippen molar-refractivity contribution in [2.24, 2.45) is 0 Å². The van der Waals surface area contributed by atoms with Gasteiger partial charge >= 0.3 is 5.69 Å². The molecule has 1 aromatic heterocycles. The highest BCUT2D eigenvalue weighted by Crippen LogP contribution is 2.16. The molecular weight excluding hydrogens is 158 g/mol. The second-order valence-electron chi connectivity index (χ2n) is 2.38. The van der Waals surface area contributed by atoms with Crippen LogP contribution in [-0.4, -0.2) is 20.1 Å². The number of aromatic amines is 1. The first-order valence-corrected chi connectivity index (χ1v) is 3.36. The minimum absolute atomic E-state index is 0.176. The predicted molar refractivity (Wildman–Crippen MR) is 41.2 cm³/mol. The predicted octanol–water partition coefficient (Wildman–Crippen LogP) is 1.36. The molecule has 0 bridgehead atoms. The monoisotopic (exact) mass is 164 g/mol. The van der Waals surface area contributed by atoms with Crippen LogP contribution in [0.5, 0.6) is 0 Å². The number of H-pyrrole nitrogens is 1. The highest BCUT2D eigenvalue weighted by atomic mass is 16.6. The van der Waals surface area contributed by atoms with Gasteiger partial charge in [-0.25, -0.2) is 10.2 Å². The topological polar surface area (TPSA) is 69.0 Å². The van der Waals surface area contributed by atoms with E-state index in [-0.39, 0.29) is 10.6 Å². The average Bonchev–Trinajstić information content (AvgIpc) is 2.49. The molecule has 0 saturated heterocycles. The van der Waals surface area contributed by atoms with Crippen LogP contribution in [0.3, 0.4) is 0 Å². The molecule has 0 spiro atoms. The lowest BCUT2D eigenvalue weighted by Crippen LogP contribution is -1.90. The van der Waals surface area contributed by atoms with Gasteiger partial charge in [0, 0.05) is 12.1 Å². The molecule has 2 aromatic rings. The number of nitrogens with zero attached hydrogens (tertiary/aromatic N) is 2. The lowest BCUT2D eigenvalue weighted by molar-refractivity contribution is -0.729. The Hall–Kier alpha value is -1.91. The number of hydrogen-bond acceptors (Lipinski definition) is 2. The molecule has 0 fully saturated rings. The van der Waals surface area contributed by atoms with Gasteiger partial charge < -0.3 is 4.98 Å². The fraction of sp³-hybridized carbons (Fsp3) is 0. The fourth-order valence-electron chi connectivity index (χ4n) is 1.04. The molecule has 2 rings (SSSR count). The van der Waals surface area contributed by atoms with Crippen molar-refractivity contribution in [3.8, 4) is 0 Å². The van der Waals surface area contributed by atoms with E-state index < -0.39 is 0 Å². The second-order valence-corrected chi connectivity index (χ2v) is 2.38. The zero-order valence-corrected chi connectivity index (χ0v) is 6.06. The van der Waals surface area contributed by atoms with Crippen molar-refractivity contribution in [1.29, 1.82) is 0 Å². The molecule has 5 nitrogen and oxygen atoms in total. The summed E-state index contributed by atoms with van der Waals surface area (Å²) >= 11 is 0. The van der Waals surface area contributed by atoms with Crippen LogP contribution in [0.25, 0.3) is 11.0 Å².